The zero-order valence-corrected chi connectivity index (χ0v) is 13.5. The molecule has 0 saturated heterocycles. The minimum absolute atomic E-state index is 0.000464. The van der Waals surface area contributed by atoms with E-state index in [0.717, 1.165) is 5.56 Å². The third kappa shape index (κ3) is 2.64. The molecular formula is C17H14BrNO3. The normalized spacial score (nSPS) is 16.0. The standard InChI is InChI=1S/C17H14BrNO3/c1-17(18,12-5-3-2-4-6-12)16(21)11-7-8-14-13(9-11)19-15(20)10-22-14/h2-9H,10H2,1H3,(H,19,20). The van der Waals surface area contributed by atoms with E-state index in [1.54, 1.807) is 18.2 Å². The van der Waals surface area contributed by atoms with E-state index in [2.05, 4.69) is 21.2 Å². The molecule has 1 aliphatic rings. The van der Waals surface area contributed by atoms with Gasteiger partial charge in [-0.2, -0.15) is 0 Å². The van der Waals surface area contributed by atoms with Gasteiger partial charge in [-0.05, 0) is 30.7 Å². The zero-order chi connectivity index (χ0) is 15.7. The highest BCUT2D eigenvalue weighted by Crippen LogP contribution is 2.36. The van der Waals surface area contributed by atoms with Crippen molar-refractivity contribution in [3.8, 4) is 5.75 Å². The summed E-state index contributed by atoms with van der Waals surface area (Å²) in [6.45, 7) is 1.82. The number of fused-ring (bicyclic) bond motifs is 1. The highest BCUT2D eigenvalue weighted by molar-refractivity contribution is 9.10. The Morgan fingerprint density at radius 3 is 2.68 bits per heavy atom. The van der Waals surface area contributed by atoms with Crippen LogP contribution in [0.2, 0.25) is 0 Å². The van der Waals surface area contributed by atoms with Crippen LogP contribution in [-0.2, 0) is 9.12 Å². The molecule has 22 heavy (non-hydrogen) atoms. The van der Waals surface area contributed by atoms with Gasteiger partial charge in [-0.1, -0.05) is 46.3 Å². The first-order chi connectivity index (χ1) is 10.5. The zero-order valence-electron chi connectivity index (χ0n) is 11.9. The number of benzene rings is 2. The van der Waals surface area contributed by atoms with Gasteiger partial charge in [-0.15, -0.1) is 0 Å². The molecular weight excluding hydrogens is 346 g/mol. The maximum absolute atomic E-state index is 12.8. The Morgan fingerprint density at radius 2 is 1.95 bits per heavy atom. The summed E-state index contributed by atoms with van der Waals surface area (Å²) in [5, 5.41) is 2.71. The topological polar surface area (TPSA) is 55.4 Å². The molecule has 2 aromatic carbocycles. The molecule has 112 valence electrons. The van der Waals surface area contributed by atoms with Crippen LogP contribution in [0.25, 0.3) is 0 Å². The van der Waals surface area contributed by atoms with E-state index in [1.165, 1.54) is 0 Å². The molecule has 0 spiro atoms. The molecule has 0 bridgehead atoms. The van der Waals surface area contributed by atoms with Crippen molar-refractivity contribution < 1.29 is 14.3 Å². The molecule has 1 atom stereocenters. The summed E-state index contributed by atoms with van der Waals surface area (Å²) in [5.41, 5.74) is 1.91. The summed E-state index contributed by atoms with van der Waals surface area (Å²) >= 11 is 3.53. The van der Waals surface area contributed by atoms with Gasteiger partial charge in [0.05, 0.1) is 5.69 Å². The van der Waals surface area contributed by atoms with Gasteiger partial charge < -0.3 is 10.1 Å². The minimum Gasteiger partial charge on any atom is -0.482 e. The van der Waals surface area contributed by atoms with E-state index in [4.69, 9.17) is 4.74 Å². The first kappa shape index (κ1) is 14.8. The van der Waals surface area contributed by atoms with Crippen molar-refractivity contribution in [2.75, 3.05) is 11.9 Å². The van der Waals surface area contributed by atoms with Crippen molar-refractivity contribution in [2.24, 2.45) is 0 Å². The second-order valence-corrected chi connectivity index (χ2v) is 6.83. The van der Waals surface area contributed by atoms with E-state index in [-0.39, 0.29) is 18.3 Å². The van der Waals surface area contributed by atoms with Gasteiger partial charge in [0, 0.05) is 5.56 Å². The maximum atomic E-state index is 12.8. The van der Waals surface area contributed by atoms with Crippen LogP contribution in [0.3, 0.4) is 0 Å². The molecule has 4 nitrogen and oxygen atoms in total. The lowest BCUT2D eigenvalue weighted by molar-refractivity contribution is -0.118. The molecule has 1 heterocycles. The molecule has 1 N–H and O–H groups in total. The number of amides is 1. The summed E-state index contributed by atoms with van der Waals surface area (Å²) in [6.07, 6.45) is 0. The van der Waals surface area contributed by atoms with Gasteiger partial charge in [0.1, 0.15) is 10.1 Å². The second kappa shape index (κ2) is 5.57. The van der Waals surface area contributed by atoms with Gasteiger partial charge in [-0.3, -0.25) is 9.59 Å². The Kier molecular flexibility index (Phi) is 3.74. The Morgan fingerprint density at radius 1 is 1.23 bits per heavy atom. The van der Waals surface area contributed by atoms with Gasteiger partial charge in [0.25, 0.3) is 5.91 Å². The summed E-state index contributed by atoms with van der Waals surface area (Å²) in [7, 11) is 0. The third-order valence-corrected chi connectivity index (χ3v) is 4.43. The fraction of sp³-hybridized carbons (Fsp3) is 0.176. The van der Waals surface area contributed by atoms with Crippen LogP contribution in [0.1, 0.15) is 22.8 Å². The van der Waals surface area contributed by atoms with Gasteiger partial charge in [0.2, 0.25) is 0 Å². The molecule has 1 unspecified atom stereocenters. The van der Waals surface area contributed by atoms with E-state index in [1.807, 2.05) is 37.3 Å². The number of ketones is 1. The van der Waals surface area contributed by atoms with Crippen LogP contribution < -0.4 is 10.1 Å². The van der Waals surface area contributed by atoms with E-state index < -0.39 is 4.32 Å². The largest absolute Gasteiger partial charge is 0.482 e. The number of carbonyl (C=O) groups is 2. The van der Waals surface area contributed by atoms with Gasteiger partial charge >= 0.3 is 0 Å². The second-order valence-electron chi connectivity index (χ2n) is 5.25. The lowest BCUT2D eigenvalue weighted by Gasteiger charge is -2.23. The lowest BCUT2D eigenvalue weighted by Crippen LogP contribution is -2.28. The fourth-order valence-electron chi connectivity index (χ4n) is 2.38. The molecule has 0 saturated carbocycles. The predicted octanol–water partition coefficient (Wildman–Crippen LogP) is 3.51. The van der Waals surface area contributed by atoms with Crippen LogP contribution in [0.5, 0.6) is 5.75 Å². The molecule has 0 aromatic heterocycles. The molecule has 2 aromatic rings. The number of hydrogen-bond donors (Lipinski definition) is 1. The molecule has 0 radical (unpaired) electrons. The Bertz CT molecular complexity index is 741. The van der Waals surface area contributed by atoms with Gasteiger partial charge in [0.15, 0.2) is 12.4 Å². The monoisotopic (exact) mass is 359 g/mol. The van der Waals surface area contributed by atoms with Crippen molar-refractivity contribution in [3.05, 3.63) is 59.7 Å². The quantitative estimate of drug-likeness (QED) is 0.673. The number of rotatable bonds is 3. The molecule has 0 aliphatic carbocycles. The number of Topliss-reactive ketones (excluding diaryl/α,β-unsaturated/α-hetero) is 1. The number of ether oxygens (including phenoxy) is 1. The number of alkyl halides is 1. The fourth-order valence-corrected chi connectivity index (χ4v) is 2.87. The summed E-state index contributed by atoms with van der Waals surface area (Å²) < 4.78 is 4.47. The first-order valence-electron chi connectivity index (χ1n) is 6.84. The maximum Gasteiger partial charge on any atom is 0.262 e. The van der Waals surface area contributed by atoms with Gasteiger partial charge in [-0.25, -0.2) is 0 Å². The van der Waals surface area contributed by atoms with Crippen molar-refractivity contribution in [2.45, 2.75) is 11.2 Å². The molecule has 1 aliphatic heterocycles. The highest BCUT2D eigenvalue weighted by atomic mass is 79.9. The molecule has 3 rings (SSSR count). The van der Waals surface area contributed by atoms with E-state index >= 15 is 0 Å². The summed E-state index contributed by atoms with van der Waals surface area (Å²) in [4.78, 5) is 24.2. The summed E-state index contributed by atoms with van der Waals surface area (Å²) in [5.74, 6) is 0.273. The Hall–Kier alpha value is -2.14. The van der Waals surface area contributed by atoms with Crippen LogP contribution in [0.15, 0.2) is 48.5 Å². The first-order valence-corrected chi connectivity index (χ1v) is 7.64. The summed E-state index contributed by atoms with van der Waals surface area (Å²) in [6, 6.07) is 14.6. The average Bonchev–Trinajstić information content (AvgIpc) is 2.54. The van der Waals surface area contributed by atoms with E-state index in [0.29, 0.717) is 17.0 Å². The molecule has 0 fully saturated rings. The van der Waals surface area contributed by atoms with Crippen LogP contribution in [0.4, 0.5) is 5.69 Å². The Labute approximate surface area is 136 Å². The van der Waals surface area contributed by atoms with Crippen molar-refractivity contribution in [1.29, 1.82) is 0 Å². The highest BCUT2D eigenvalue weighted by Gasteiger charge is 2.33. The molecule has 5 heteroatoms. The number of halogens is 1. The average molecular weight is 360 g/mol. The Balaban J connectivity index is 1.96. The smallest absolute Gasteiger partial charge is 0.262 e. The van der Waals surface area contributed by atoms with Crippen LogP contribution in [-0.4, -0.2) is 18.3 Å². The SMILES string of the molecule is CC(Br)(C(=O)c1ccc2c(c1)NC(=O)CO2)c1ccccc1. The number of hydrogen-bond acceptors (Lipinski definition) is 3. The lowest BCUT2D eigenvalue weighted by atomic mass is 9.92. The number of anilines is 1. The molecule has 1 amide bonds. The van der Waals surface area contributed by atoms with Crippen LogP contribution >= 0.6 is 15.9 Å². The third-order valence-electron chi connectivity index (χ3n) is 3.62. The predicted molar refractivity (Wildman–Crippen MR) is 87.6 cm³/mol. The van der Waals surface area contributed by atoms with Crippen LogP contribution in [0, 0.1) is 0 Å². The van der Waals surface area contributed by atoms with Crippen molar-refractivity contribution in [1.82, 2.24) is 0 Å². The van der Waals surface area contributed by atoms with Crippen molar-refractivity contribution >= 4 is 33.3 Å². The van der Waals surface area contributed by atoms with E-state index in [9.17, 15) is 9.59 Å². The number of nitrogens with one attached hydrogen (secondary N) is 1. The van der Waals surface area contributed by atoms with Crippen molar-refractivity contribution in [3.63, 3.8) is 0 Å². The minimum atomic E-state index is -0.831. The number of carbonyl (C=O) groups excluding carboxylic acids is 2.